The molecule has 2 atom stereocenters. The van der Waals surface area contributed by atoms with Crippen molar-refractivity contribution in [3.63, 3.8) is 0 Å². The van der Waals surface area contributed by atoms with Crippen molar-refractivity contribution in [3.05, 3.63) is 29.8 Å². The summed E-state index contributed by atoms with van der Waals surface area (Å²) in [5, 5.41) is 9.25. The summed E-state index contributed by atoms with van der Waals surface area (Å²) >= 11 is 0. The van der Waals surface area contributed by atoms with E-state index in [-0.39, 0.29) is 17.5 Å². The number of benzene rings is 1. The molecule has 0 saturated carbocycles. The molecule has 2 unspecified atom stereocenters. The van der Waals surface area contributed by atoms with Gasteiger partial charge in [-0.15, -0.1) is 0 Å². The second-order valence-corrected chi connectivity index (χ2v) is 7.10. The van der Waals surface area contributed by atoms with Gasteiger partial charge in [0.15, 0.2) is 0 Å². The maximum atomic E-state index is 12.4. The molecule has 0 aliphatic heterocycles. The molecule has 0 aromatic heterocycles. The van der Waals surface area contributed by atoms with Gasteiger partial charge < -0.3 is 10.8 Å². The Morgan fingerprint density at radius 1 is 1.40 bits per heavy atom. The van der Waals surface area contributed by atoms with Gasteiger partial charge in [0.2, 0.25) is 10.0 Å². The lowest BCUT2D eigenvalue weighted by Crippen LogP contribution is -2.29. The highest BCUT2D eigenvalue weighted by Crippen LogP contribution is 2.20. The van der Waals surface area contributed by atoms with E-state index in [0.717, 1.165) is 12.0 Å². The molecule has 0 fully saturated rings. The zero-order valence-corrected chi connectivity index (χ0v) is 13.1. The number of nitrogens with zero attached hydrogens (tertiary/aromatic N) is 1. The van der Waals surface area contributed by atoms with E-state index >= 15 is 0 Å². The number of hydrogen-bond donors (Lipinski definition) is 2. The Hall–Kier alpha value is -0.950. The molecule has 0 aliphatic rings. The Bertz CT molecular complexity index is 529. The fraction of sp³-hybridized carbons (Fsp3) is 0.571. The van der Waals surface area contributed by atoms with Crippen LogP contribution in [0.1, 0.15) is 38.3 Å². The molecule has 114 valence electrons. The molecule has 0 aliphatic carbocycles. The number of aliphatic hydroxyl groups excluding tert-OH is 1. The van der Waals surface area contributed by atoms with Crippen LogP contribution in [-0.4, -0.2) is 37.5 Å². The maximum absolute atomic E-state index is 12.4. The van der Waals surface area contributed by atoms with Crippen molar-refractivity contribution in [2.24, 2.45) is 5.73 Å². The van der Waals surface area contributed by atoms with E-state index in [2.05, 4.69) is 0 Å². The molecule has 0 bridgehead atoms. The van der Waals surface area contributed by atoms with Crippen LogP contribution in [0.5, 0.6) is 0 Å². The lowest BCUT2D eigenvalue weighted by molar-refractivity contribution is 0.177. The van der Waals surface area contributed by atoms with Crippen LogP contribution < -0.4 is 5.73 Å². The molecule has 5 nitrogen and oxygen atoms in total. The highest BCUT2D eigenvalue weighted by atomic mass is 32.2. The average molecular weight is 300 g/mol. The topological polar surface area (TPSA) is 83.6 Å². The van der Waals surface area contributed by atoms with Crippen molar-refractivity contribution in [3.8, 4) is 0 Å². The summed E-state index contributed by atoms with van der Waals surface area (Å²) < 4.78 is 26.1. The summed E-state index contributed by atoms with van der Waals surface area (Å²) in [6.45, 7) is 3.88. The average Bonchev–Trinajstić information content (AvgIpc) is 2.43. The largest absolute Gasteiger partial charge is 0.393 e. The minimum Gasteiger partial charge on any atom is -0.393 e. The lowest BCUT2D eigenvalue weighted by atomic mass is 10.1. The first-order valence-corrected chi connectivity index (χ1v) is 8.23. The highest BCUT2D eigenvalue weighted by Gasteiger charge is 2.21. The Labute approximate surface area is 121 Å². The van der Waals surface area contributed by atoms with Crippen LogP contribution in [0.4, 0.5) is 0 Å². The van der Waals surface area contributed by atoms with Crippen LogP contribution >= 0.6 is 0 Å². The second-order valence-electron chi connectivity index (χ2n) is 5.05. The maximum Gasteiger partial charge on any atom is 0.242 e. The van der Waals surface area contributed by atoms with Gasteiger partial charge in [0.25, 0.3) is 0 Å². The molecular formula is C14H24N2O3S. The van der Waals surface area contributed by atoms with E-state index in [4.69, 9.17) is 5.73 Å². The summed E-state index contributed by atoms with van der Waals surface area (Å²) in [7, 11) is -2.01. The van der Waals surface area contributed by atoms with Gasteiger partial charge in [0.05, 0.1) is 11.0 Å². The van der Waals surface area contributed by atoms with Crippen LogP contribution in [-0.2, 0) is 10.0 Å². The van der Waals surface area contributed by atoms with E-state index in [1.165, 1.54) is 11.4 Å². The Balaban J connectivity index is 2.97. The third kappa shape index (κ3) is 4.28. The Morgan fingerprint density at radius 3 is 2.60 bits per heavy atom. The summed E-state index contributed by atoms with van der Waals surface area (Å²) in [4.78, 5) is 0.243. The number of nitrogens with two attached hydrogens (primary N) is 1. The molecule has 1 aromatic rings. The SMILES string of the molecule is CCC(N)c1cccc(S(=O)(=O)N(C)CCC(C)O)c1. The fourth-order valence-corrected chi connectivity index (χ4v) is 3.05. The number of rotatable bonds is 7. The first-order valence-electron chi connectivity index (χ1n) is 6.79. The van der Waals surface area contributed by atoms with Gasteiger partial charge in [0.1, 0.15) is 0 Å². The van der Waals surface area contributed by atoms with Gasteiger partial charge in [-0.3, -0.25) is 0 Å². The summed E-state index contributed by atoms with van der Waals surface area (Å²) in [5.74, 6) is 0. The third-order valence-corrected chi connectivity index (χ3v) is 5.15. The zero-order chi connectivity index (χ0) is 15.3. The number of sulfonamides is 1. The molecule has 1 aromatic carbocycles. The number of aliphatic hydroxyl groups is 1. The van der Waals surface area contributed by atoms with E-state index in [0.29, 0.717) is 6.42 Å². The summed E-state index contributed by atoms with van der Waals surface area (Å²) in [5.41, 5.74) is 6.76. The Morgan fingerprint density at radius 2 is 2.05 bits per heavy atom. The van der Waals surface area contributed by atoms with Crippen molar-refractivity contribution >= 4 is 10.0 Å². The molecule has 20 heavy (non-hydrogen) atoms. The zero-order valence-electron chi connectivity index (χ0n) is 12.3. The minimum atomic E-state index is -3.53. The molecule has 0 amide bonds. The summed E-state index contributed by atoms with van der Waals surface area (Å²) in [6, 6.07) is 6.58. The van der Waals surface area contributed by atoms with E-state index < -0.39 is 16.1 Å². The lowest BCUT2D eigenvalue weighted by Gasteiger charge is -2.19. The molecule has 1 rings (SSSR count). The molecule has 0 saturated heterocycles. The van der Waals surface area contributed by atoms with Gasteiger partial charge in [0, 0.05) is 19.6 Å². The van der Waals surface area contributed by atoms with E-state index in [1.807, 2.05) is 13.0 Å². The van der Waals surface area contributed by atoms with Crippen LogP contribution in [0.25, 0.3) is 0 Å². The van der Waals surface area contributed by atoms with Gasteiger partial charge >= 0.3 is 0 Å². The van der Waals surface area contributed by atoms with Crippen LogP contribution in [0.3, 0.4) is 0 Å². The minimum absolute atomic E-state index is 0.159. The summed E-state index contributed by atoms with van der Waals surface area (Å²) in [6.07, 6.45) is 0.637. The van der Waals surface area contributed by atoms with E-state index in [1.54, 1.807) is 25.1 Å². The molecular weight excluding hydrogens is 276 g/mol. The van der Waals surface area contributed by atoms with Gasteiger partial charge in [-0.05, 0) is 37.5 Å². The van der Waals surface area contributed by atoms with Gasteiger partial charge in [-0.1, -0.05) is 19.1 Å². The van der Waals surface area contributed by atoms with Crippen LogP contribution in [0, 0.1) is 0 Å². The normalized spacial score (nSPS) is 15.3. The second kappa shape index (κ2) is 7.17. The fourth-order valence-electron chi connectivity index (χ4n) is 1.81. The van der Waals surface area contributed by atoms with Crippen molar-refractivity contribution in [1.82, 2.24) is 4.31 Å². The van der Waals surface area contributed by atoms with Gasteiger partial charge in [-0.25, -0.2) is 12.7 Å². The predicted molar refractivity (Wildman–Crippen MR) is 79.8 cm³/mol. The van der Waals surface area contributed by atoms with E-state index in [9.17, 15) is 13.5 Å². The standard InChI is InChI=1S/C14H24N2O3S/c1-4-14(15)12-6-5-7-13(10-12)20(18,19)16(3)9-8-11(2)17/h5-7,10-11,14,17H,4,8-9,15H2,1-3H3. The Kier molecular flexibility index (Phi) is 6.13. The predicted octanol–water partition coefficient (Wildman–Crippen LogP) is 1.49. The smallest absolute Gasteiger partial charge is 0.242 e. The molecule has 0 radical (unpaired) electrons. The van der Waals surface area contributed by atoms with Crippen molar-refractivity contribution in [2.45, 2.75) is 43.7 Å². The van der Waals surface area contributed by atoms with Crippen LogP contribution in [0.15, 0.2) is 29.2 Å². The monoisotopic (exact) mass is 300 g/mol. The van der Waals surface area contributed by atoms with Crippen molar-refractivity contribution in [1.29, 1.82) is 0 Å². The van der Waals surface area contributed by atoms with Gasteiger partial charge in [-0.2, -0.15) is 0 Å². The quantitative estimate of drug-likeness (QED) is 0.799. The molecule has 3 N–H and O–H groups in total. The highest BCUT2D eigenvalue weighted by molar-refractivity contribution is 7.89. The first kappa shape index (κ1) is 17.1. The molecule has 0 spiro atoms. The molecule has 6 heteroatoms. The molecule has 0 heterocycles. The van der Waals surface area contributed by atoms with Crippen LogP contribution in [0.2, 0.25) is 0 Å². The number of hydrogen-bond acceptors (Lipinski definition) is 4. The third-order valence-electron chi connectivity index (χ3n) is 3.30. The first-order chi connectivity index (χ1) is 9.28. The van der Waals surface area contributed by atoms with Crippen molar-refractivity contribution < 1.29 is 13.5 Å². The van der Waals surface area contributed by atoms with Crippen molar-refractivity contribution in [2.75, 3.05) is 13.6 Å².